The summed E-state index contributed by atoms with van der Waals surface area (Å²) in [6.07, 6.45) is 0. The van der Waals surface area contributed by atoms with E-state index in [9.17, 15) is 18.8 Å². The Morgan fingerprint density at radius 1 is 1.08 bits per heavy atom. The number of alkyl halides is 1. The average Bonchev–Trinajstić information content (AvgIpc) is 2.66. The van der Waals surface area contributed by atoms with Crippen LogP contribution in [0.5, 0.6) is 0 Å². The molecule has 5 nitrogen and oxygen atoms in total. The van der Waals surface area contributed by atoms with Crippen molar-refractivity contribution in [2.45, 2.75) is 5.38 Å². The smallest absolute Gasteiger partial charge is 0.338 e. The molecule has 0 fully saturated rings. The SMILES string of the molecule is O=C(OCCN=C1C(=O)c2ccccc2C(=O)C1Cl)c1ccc(F)cc1. The molecule has 0 aromatic heterocycles. The highest BCUT2D eigenvalue weighted by molar-refractivity contribution is 6.64. The van der Waals surface area contributed by atoms with Crippen molar-refractivity contribution in [2.24, 2.45) is 4.99 Å². The van der Waals surface area contributed by atoms with Crippen molar-refractivity contribution in [3.63, 3.8) is 0 Å². The van der Waals surface area contributed by atoms with E-state index in [-0.39, 0.29) is 41.3 Å². The molecule has 0 bridgehead atoms. The summed E-state index contributed by atoms with van der Waals surface area (Å²) in [7, 11) is 0. The minimum Gasteiger partial charge on any atom is -0.460 e. The molecule has 132 valence electrons. The first-order chi connectivity index (χ1) is 12.5. The number of hydrogen-bond acceptors (Lipinski definition) is 5. The number of hydrogen-bond donors (Lipinski definition) is 0. The lowest BCUT2D eigenvalue weighted by atomic mass is 9.88. The molecule has 1 atom stereocenters. The van der Waals surface area contributed by atoms with Gasteiger partial charge in [0.2, 0.25) is 5.78 Å². The molecule has 0 heterocycles. The van der Waals surface area contributed by atoms with Crippen molar-refractivity contribution in [1.82, 2.24) is 0 Å². The van der Waals surface area contributed by atoms with Gasteiger partial charge in [-0.2, -0.15) is 0 Å². The summed E-state index contributed by atoms with van der Waals surface area (Å²) >= 11 is 6.06. The molecule has 0 saturated heterocycles. The van der Waals surface area contributed by atoms with Crippen molar-refractivity contribution >= 4 is 34.8 Å². The Bertz CT molecular complexity index is 908. The zero-order valence-electron chi connectivity index (χ0n) is 13.4. The maximum atomic E-state index is 12.8. The molecule has 0 saturated carbocycles. The number of carbonyl (C=O) groups excluding carboxylic acids is 3. The van der Waals surface area contributed by atoms with Crippen LogP contribution < -0.4 is 0 Å². The molecule has 0 amide bonds. The van der Waals surface area contributed by atoms with E-state index in [0.29, 0.717) is 0 Å². The van der Waals surface area contributed by atoms with Gasteiger partial charge in [-0.25, -0.2) is 9.18 Å². The molecule has 0 N–H and O–H groups in total. The number of Topliss-reactive ketones (excluding diaryl/α,β-unsaturated/α-hetero) is 2. The number of nitrogens with zero attached hydrogens (tertiary/aromatic N) is 1. The molecule has 0 spiro atoms. The van der Waals surface area contributed by atoms with Crippen LogP contribution in [0.25, 0.3) is 0 Å². The normalized spacial score (nSPS) is 17.9. The third kappa shape index (κ3) is 3.55. The maximum absolute atomic E-state index is 12.8. The molecule has 1 aliphatic rings. The second kappa shape index (κ2) is 7.58. The summed E-state index contributed by atoms with van der Waals surface area (Å²) in [4.78, 5) is 40.6. The minimum absolute atomic E-state index is 0.0212. The standard InChI is InChI=1S/C19H13ClFNO4/c20-15-16(18(24)14-4-2-1-3-13(14)17(15)23)22-9-10-26-19(25)11-5-7-12(21)8-6-11/h1-8,15H,9-10H2. The van der Waals surface area contributed by atoms with Crippen LogP contribution in [-0.2, 0) is 4.74 Å². The highest BCUT2D eigenvalue weighted by Gasteiger charge is 2.36. The van der Waals surface area contributed by atoms with E-state index in [1.807, 2.05) is 0 Å². The zero-order valence-corrected chi connectivity index (χ0v) is 14.2. The number of ketones is 2. The third-order valence-electron chi connectivity index (χ3n) is 3.83. The Morgan fingerprint density at radius 3 is 2.42 bits per heavy atom. The fourth-order valence-corrected chi connectivity index (χ4v) is 2.82. The van der Waals surface area contributed by atoms with Crippen LogP contribution in [0, 0.1) is 5.82 Å². The summed E-state index contributed by atoms with van der Waals surface area (Å²) in [5, 5.41) is -1.16. The summed E-state index contributed by atoms with van der Waals surface area (Å²) < 4.78 is 17.8. The molecule has 2 aromatic carbocycles. The molecule has 0 radical (unpaired) electrons. The Labute approximate surface area is 153 Å². The van der Waals surface area contributed by atoms with Crippen LogP contribution >= 0.6 is 11.6 Å². The molecule has 1 unspecified atom stereocenters. The van der Waals surface area contributed by atoms with Gasteiger partial charge >= 0.3 is 5.97 Å². The molecule has 3 rings (SSSR count). The maximum Gasteiger partial charge on any atom is 0.338 e. The lowest BCUT2D eigenvalue weighted by Gasteiger charge is -2.19. The molecular formula is C19H13ClFNO4. The van der Waals surface area contributed by atoms with Gasteiger partial charge in [-0.15, -0.1) is 11.6 Å². The van der Waals surface area contributed by atoms with Crippen LogP contribution in [0.4, 0.5) is 4.39 Å². The molecule has 2 aromatic rings. The van der Waals surface area contributed by atoms with Crippen LogP contribution in [0.1, 0.15) is 31.1 Å². The van der Waals surface area contributed by atoms with Gasteiger partial charge in [0.25, 0.3) is 0 Å². The summed E-state index contributed by atoms with van der Waals surface area (Å²) in [5.41, 5.74) is 0.677. The lowest BCUT2D eigenvalue weighted by molar-refractivity contribution is 0.0517. The largest absolute Gasteiger partial charge is 0.460 e. The zero-order chi connectivity index (χ0) is 18.7. The van der Waals surface area contributed by atoms with E-state index in [0.717, 1.165) is 12.1 Å². The Balaban J connectivity index is 1.65. The highest BCUT2D eigenvalue weighted by Crippen LogP contribution is 2.23. The van der Waals surface area contributed by atoms with Crippen molar-refractivity contribution < 1.29 is 23.5 Å². The highest BCUT2D eigenvalue weighted by atomic mass is 35.5. The molecule has 0 aliphatic heterocycles. The van der Waals surface area contributed by atoms with E-state index in [4.69, 9.17) is 16.3 Å². The van der Waals surface area contributed by atoms with Crippen molar-refractivity contribution in [1.29, 1.82) is 0 Å². The van der Waals surface area contributed by atoms with Crippen LogP contribution in [0.15, 0.2) is 53.5 Å². The van der Waals surface area contributed by atoms with E-state index in [1.54, 1.807) is 24.3 Å². The van der Waals surface area contributed by atoms with E-state index in [1.165, 1.54) is 12.1 Å². The first kappa shape index (κ1) is 17.9. The van der Waals surface area contributed by atoms with Gasteiger partial charge in [-0.3, -0.25) is 14.6 Å². The number of benzene rings is 2. The van der Waals surface area contributed by atoms with Crippen LogP contribution in [0.3, 0.4) is 0 Å². The van der Waals surface area contributed by atoms with E-state index < -0.39 is 22.9 Å². The fourth-order valence-electron chi connectivity index (χ4n) is 2.54. The van der Waals surface area contributed by atoms with Gasteiger partial charge in [0.05, 0.1) is 12.1 Å². The second-order valence-corrected chi connectivity index (χ2v) is 5.95. The van der Waals surface area contributed by atoms with E-state index >= 15 is 0 Å². The monoisotopic (exact) mass is 373 g/mol. The van der Waals surface area contributed by atoms with Gasteiger partial charge < -0.3 is 4.74 Å². The predicted molar refractivity (Wildman–Crippen MR) is 93.7 cm³/mol. The number of rotatable bonds is 4. The summed E-state index contributed by atoms with van der Waals surface area (Å²) in [6.45, 7) is -0.126. The number of esters is 1. The Hall–Kier alpha value is -2.86. The number of carbonyl (C=O) groups is 3. The summed E-state index contributed by atoms with van der Waals surface area (Å²) in [6, 6.07) is 11.3. The molecule has 1 aliphatic carbocycles. The van der Waals surface area contributed by atoms with Crippen molar-refractivity contribution in [3.05, 3.63) is 71.0 Å². The van der Waals surface area contributed by atoms with Crippen molar-refractivity contribution in [3.8, 4) is 0 Å². The quantitative estimate of drug-likeness (QED) is 0.469. The van der Waals surface area contributed by atoms with Gasteiger partial charge in [0.1, 0.15) is 23.5 Å². The van der Waals surface area contributed by atoms with Crippen LogP contribution in [0.2, 0.25) is 0 Å². The third-order valence-corrected chi connectivity index (χ3v) is 4.23. The first-order valence-corrected chi connectivity index (χ1v) is 8.21. The molecule has 26 heavy (non-hydrogen) atoms. The number of ether oxygens (including phenoxy) is 1. The summed E-state index contributed by atoms with van der Waals surface area (Å²) in [5.74, 6) is -1.89. The lowest BCUT2D eigenvalue weighted by Crippen LogP contribution is -2.38. The van der Waals surface area contributed by atoms with Crippen molar-refractivity contribution in [2.75, 3.05) is 13.2 Å². The number of fused-ring (bicyclic) bond motifs is 1. The Kier molecular flexibility index (Phi) is 5.23. The Morgan fingerprint density at radius 2 is 1.73 bits per heavy atom. The predicted octanol–water partition coefficient (Wildman–Crippen LogP) is 3.11. The molecular weight excluding hydrogens is 361 g/mol. The topological polar surface area (TPSA) is 72.8 Å². The fraction of sp³-hybridized carbons (Fsp3) is 0.158. The number of halogens is 2. The average molecular weight is 374 g/mol. The van der Waals surface area contributed by atoms with Gasteiger partial charge in [0.15, 0.2) is 5.78 Å². The van der Waals surface area contributed by atoms with Crippen LogP contribution in [-0.4, -0.2) is 41.8 Å². The van der Waals surface area contributed by atoms with Gasteiger partial charge in [0, 0.05) is 11.1 Å². The molecule has 7 heteroatoms. The first-order valence-electron chi connectivity index (χ1n) is 7.78. The van der Waals surface area contributed by atoms with E-state index in [2.05, 4.69) is 4.99 Å². The van der Waals surface area contributed by atoms with Gasteiger partial charge in [-0.05, 0) is 24.3 Å². The van der Waals surface area contributed by atoms with Gasteiger partial charge in [-0.1, -0.05) is 24.3 Å². The minimum atomic E-state index is -1.16. The number of aliphatic imine (C=N–C) groups is 1. The second-order valence-electron chi connectivity index (χ2n) is 5.51.